The molecular weight excluding hydrogens is 266 g/mol. The first-order valence-electron chi connectivity index (χ1n) is 6.74. The molecule has 0 unspecified atom stereocenters. The molecule has 21 heavy (non-hydrogen) atoms. The lowest BCUT2D eigenvalue weighted by Crippen LogP contribution is -2.34. The molecule has 2 aromatic rings. The molecule has 0 heterocycles. The Bertz CT molecular complexity index is 571. The van der Waals surface area contributed by atoms with Crippen LogP contribution in [0.2, 0.25) is 0 Å². The summed E-state index contributed by atoms with van der Waals surface area (Å²) >= 11 is 0. The monoisotopic (exact) mass is 285 g/mol. The number of carbonyl (C=O) groups is 1. The van der Waals surface area contributed by atoms with E-state index in [1.54, 1.807) is 12.1 Å². The van der Waals surface area contributed by atoms with Crippen LogP contribution in [0.3, 0.4) is 0 Å². The fourth-order valence-corrected chi connectivity index (χ4v) is 2.25. The molecule has 1 N–H and O–H groups in total. The number of aliphatic hydroxyl groups excluding tert-OH is 1. The van der Waals surface area contributed by atoms with Gasteiger partial charge in [0.05, 0.1) is 19.1 Å². The van der Waals surface area contributed by atoms with E-state index in [-0.39, 0.29) is 5.91 Å². The SMILES string of the molecule is CON(C)C(=O)[C@@H](c1ccccc1)[C@@H](O)c1ccccc1. The minimum atomic E-state index is -0.932. The smallest absolute Gasteiger partial charge is 0.256 e. The van der Waals surface area contributed by atoms with E-state index in [4.69, 9.17) is 4.84 Å². The number of amides is 1. The highest BCUT2D eigenvalue weighted by molar-refractivity contribution is 5.83. The lowest BCUT2D eigenvalue weighted by atomic mass is 9.88. The molecular formula is C17H19NO3. The maximum absolute atomic E-state index is 12.5. The standard InChI is InChI=1S/C17H19NO3/c1-18(21-2)17(20)15(13-9-5-3-6-10-13)16(19)14-11-7-4-8-12-14/h3-12,15-16,19H,1-2H3/t15-,16-/m0/s1. The largest absolute Gasteiger partial charge is 0.387 e. The summed E-state index contributed by atoms with van der Waals surface area (Å²) in [5.41, 5.74) is 1.45. The van der Waals surface area contributed by atoms with Crippen LogP contribution in [0.1, 0.15) is 23.1 Å². The van der Waals surface area contributed by atoms with Gasteiger partial charge in [-0.2, -0.15) is 0 Å². The molecule has 0 fully saturated rings. The van der Waals surface area contributed by atoms with Gasteiger partial charge in [0.2, 0.25) is 0 Å². The lowest BCUT2D eigenvalue weighted by Gasteiger charge is -2.26. The molecule has 0 radical (unpaired) electrons. The van der Waals surface area contributed by atoms with Gasteiger partial charge in [-0.25, -0.2) is 5.06 Å². The van der Waals surface area contributed by atoms with E-state index < -0.39 is 12.0 Å². The average Bonchev–Trinajstić information content (AvgIpc) is 2.56. The third-order valence-corrected chi connectivity index (χ3v) is 3.47. The third-order valence-electron chi connectivity index (χ3n) is 3.47. The van der Waals surface area contributed by atoms with Crippen molar-refractivity contribution in [2.45, 2.75) is 12.0 Å². The van der Waals surface area contributed by atoms with E-state index in [9.17, 15) is 9.90 Å². The Balaban J connectivity index is 2.39. The average molecular weight is 285 g/mol. The first kappa shape index (κ1) is 15.2. The Morgan fingerprint density at radius 3 is 1.95 bits per heavy atom. The number of rotatable bonds is 5. The van der Waals surface area contributed by atoms with Gasteiger partial charge < -0.3 is 5.11 Å². The summed E-state index contributed by atoms with van der Waals surface area (Å²) < 4.78 is 0. The highest BCUT2D eigenvalue weighted by Crippen LogP contribution is 2.32. The molecule has 4 nitrogen and oxygen atoms in total. The molecule has 110 valence electrons. The minimum Gasteiger partial charge on any atom is -0.387 e. The highest BCUT2D eigenvalue weighted by Gasteiger charge is 2.32. The van der Waals surface area contributed by atoms with Crippen LogP contribution in [0, 0.1) is 0 Å². The zero-order valence-electron chi connectivity index (χ0n) is 12.1. The van der Waals surface area contributed by atoms with Crippen LogP contribution in [0.5, 0.6) is 0 Å². The predicted octanol–water partition coefficient (Wildman–Crippen LogP) is 2.52. The number of benzene rings is 2. The van der Waals surface area contributed by atoms with Gasteiger partial charge in [-0.3, -0.25) is 9.63 Å². The van der Waals surface area contributed by atoms with Crippen LogP contribution in [-0.2, 0) is 9.63 Å². The van der Waals surface area contributed by atoms with E-state index >= 15 is 0 Å². The summed E-state index contributed by atoms with van der Waals surface area (Å²) in [5.74, 6) is -1.00. The van der Waals surface area contributed by atoms with Crippen LogP contribution in [0.25, 0.3) is 0 Å². The number of aliphatic hydroxyl groups is 1. The van der Waals surface area contributed by atoms with Crippen LogP contribution in [0.4, 0.5) is 0 Å². The van der Waals surface area contributed by atoms with Crippen LogP contribution >= 0.6 is 0 Å². The number of hydroxylamine groups is 2. The van der Waals surface area contributed by atoms with Crippen LogP contribution in [-0.4, -0.2) is 30.2 Å². The van der Waals surface area contributed by atoms with Crippen molar-refractivity contribution in [3.05, 3.63) is 71.8 Å². The molecule has 1 amide bonds. The van der Waals surface area contributed by atoms with E-state index in [0.29, 0.717) is 5.56 Å². The zero-order valence-corrected chi connectivity index (χ0v) is 12.1. The number of nitrogens with zero attached hydrogens (tertiary/aromatic N) is 1. The Hall–Kier alpha value is -2.17. The van der Waals surface area contributed by atoms with Gasteiger partial charge in [0.15, 0.2) is 0 Å². The highest BCUT2D eigenvalue weighted by atomic mass is 16.7. The van der Waals surface area contributed by atoms with Crippen molar-refractivity contribution in [3.63, 3.8) is 0 Å². The zero-order chi connectivity index (χ0) is 15.2. The Kier molecular flexibility index (Phi) is 5.09. The molecule has 0 saturated heterocycles. The van der Waals surface area contributed by atoms with Crippen LogP contribution in [0.15, 0.2) is 60.7 Å². The fourth-order valence-electron chi connectivity index (χ4n) is 2.25. The molecule has 0 bridgehead atoms. The van der Waals surface area contributed by atoms with Gasteiger partial charge >= 0.3 is 0 Å². The third kappa shape index (κ3) is 3.48. The van der Waals surface area contributed by atoms with Crippen molar-refractivity contribution >= 4 is 5.91 Å². The fraction of sp³-hybridized carbons (Fsp3) is 0.235. The molecule has 0 saturated carbocycles. The van der Waals surface area contributed by atoms with Crippen molar-refractivity contribution in [1.29, 1.82) is 0 Å². The normalized spacial score (nSPS) is 13.5. The van der Waals surface area contributed by atoms with Gasteiger partial charge in [0.25, 0.3) is 5.91 Å². The van der Waals surface area contributed by atoms with Gasteiger partial charge in [-0.15, -0.1) is 0 Å². The summed E-state index contributed by atoms with van der Waals surface area (Å²) in [4.78, 5) is 17.5. The Labute approximate surface area is 124 Å². The topological polar surface area (TPSA) is 49.8 Å². The molecule has 0 aliphatic rings. The number of likely N-dealkylation sites (N-methyl/N-ethyl adjacent to an activating group) is 1. The Morgan fingerprint density at radius 1 is 1.00 bits per heavy atom. The quantitative estimate of drug-likeness (QED) is 0.859. The number of hydrogen-bond donors (Lipinski definition) is 1. The molecule has 0 spiro atoms. The van der Waals surface area contributed by atoms with E-state index in [0.717, 1.165) is 10.6 Å². The summed E-state index contributed by atoms with van der Waals surface area (Å²) in [5, 5.41) is 11.8. The van der Waals surface area contributed by atoms with E-state index in [1.165, 1.54) is 14.2 Å². The van der Waals surface area contributed by atoms with Crippen molar-refractivity contribution in [3.8, 4) is 0 Å². The van der Waals surface area contributed by atoms with E-state index in [1.807, 2.05) is 48.5 Å². The summed E-state index contributed by atoms with van der Waals surface area (Å²) in [6.07, 6.45) is -0.932. The first-order chi connectivity index (χ1) is 10.1. The maximum atomic E-state index is 12.5. The second-order valence-electron chi connectivity index (χ2n) is 4.76. The molecule has 0 aromatic heterocycles. The van der Waals surface area contributed by atoms with Crippen molar-refractivity contribution in [2.75, 3.05) is 14.2 Å². The number of carbonyl (C=O) groups excluding carboxylic acids is 1. The second kappa shape index (κ2) is 7.02. The molecule has 0 aliphatic carbocycles. The Morgan fingerprint density at radius 2 is 1.48 bits per heavy atom. The maximum Gasteiger partial charge on any atom is 0.256 e. The molecule has 0 aliphatic heterocycles. The summed E-state index contributed by atoms with van der Waals surface area (Å²) in [7, 11) is 2.96. The van der Waals surface area contributed by atoms with Gasteiger partial charge in [0, 0.05) is 7.05 Å². The number of hydrogen-bond acceptors (Lipinski definition) is 3. The second-order valence-corrected chi connectivity index (χ2v) is 4.76. The van der Waals surface area contributed by atoms with Crippen molar-refractivity contribution in [1.82, 2.24) is 5.06 Å². The summed E-state index contributed by atoms with van der Waals surface area (Å²) in [6.45, 7) is 0. The van der Waals surface area contributed by atoms with Crippen LogP contribution < -0.4 is 0 Å². The summed E-state index contributed by atoms with van der Waals surface area (Å²) in [6, 6.07) is 18.4. The van der Waals surface area contributed by atoms with Crippen molar-refractivity contribution < 1.29 is 14.7 Å². The van der Waals surface area contributed by atoms with Gasteiger partial charge in [-0.1, -0.05) is 60.7 Å². The van der Waals surface area contributed by atoms with Gasteiger partial charge in [-0.05, 0) is 11.1 Å². The predicted molar refractivity (Wildman–Crippen MR) is 80.4 cm³/mol. The van der Waals surface area contributed by atoms with E-state index in [2.05, 4.69) is 0 Å². The molecule has 4 heteroatoms. The first-order valence-corrected chi connectivity index (χ1v) is 6.74. The molecule has 2 rings (SSSR count). The molecule has 2 aromatic carbocycles. The minimum absolute atomic E-state index is 0.292. The van der Waals surface area contributed by atoms with Crippen molar-refractivity contribution in [2.24, 2.45) is 0 Å². The van der Waals surface area contributed by atoms with Gasteiger partial charge in [0.1, 0.15) is 0 Å². The lowest BCUT2D eigenvalue weighted by molar-refractivity contribution is -0.173. The molecule has 2 atom stereocenters.